The smallest absolute Gasteiger partial charge is 0.159 e. The van der Waals surface area contributed by atoms with E-state index >= 15 is 0 Å². The molecule has 0 aromatic heterocycles. The Morgan fingerprint density at radius 2 is 1.65 bits per heavy atom. The van der Waals surface area contributed by atoms with Crippen LogP contribution in [-0.2, 0) is 6.42 Å². The molecular weight excluding hydrogens is 248 g/mol. The van der Waals surface area contributed by atoms with E-state index < -0.39 is 0 Å². The summed E-state index contributed by atoms with van der Waals surface area (Å²) in [7, 11) is 0. The molecule has 0 amide bonds. The van der Waals surface area contributed by atoms with Gasteiger partial charge in [-0.2, -0.15) is 0 Å². The van der Waals surface area contributed by atoms with Crippen LogP contribution in [0.4, 0.5) is 0 Å². The van der Waals surface area contributed by atoms with Crippen molar-refractivity contribution in [3.63, 3.8) is 0 Å². The van der Waals surface area contributed by atoms with E-state index in [1.807, 2.05) is 0 Å². The molecule has 0 aliphatic rings. The third kappa shape index (κ3) is 3.82. The molecule has 2 nitrogen and oxygen atoms in total. The van der Waals surface area contributed by atoms with Gasteiger partial charge in [0.05, 0.1) is 0 Å². The number of ether oxygens (including phenoxy) is 1. The standard InChI is InChI=1S/C18H18O2/c1-13-4-6-16(7-5-13)12-14(2)20-18-10-8-17(9-11-18)15(3)19/h4-11H,2,12H2,1,3H3. The van der Waals surface area contributed by atoms with Gasteiger partial charge in [0.25, 0.3) is 0 Å². The van der Waals surface area contributed by atoms with Crippen LogP contribution in [0.25, 0.3) is 0 Å². The third-order valence-corrected chi connectivity index (χ3v) is 3.04. The van der Waals surface area contributed by atoms with Gasteiger partial charge in [-0.1, -0.05) is 36.4 Å². The minimum absolute atomic E-state index is 0.0510. The van der Waals surface area contributed by atoms with Gasteiger partial charge >= 0.3 is 0 Å². The lowest BCUT2D eigenvalue weighted by Gasteiger charge is -2.09. The Morgan fingerprint density at radius 3 is 2.20 bits per heavy atom. The van der Waals surface area contributed by atoms with Crippen molar-refractivity contribution in [2.24, 2.45) is 0 Å². The molecule has 0 bridgehead atoms. The van der Waals surface area contributed by atoms with E-state index in [0.717, 1.165) is 0 Å². The Labute approximate surface area is 119 Å². The lowest BCUT2D eigenvalue weighted by molar-refractivity contribution is 0.101. The number of ketones is 1. The number of hydrogen-bond donors (Lipinski definition) is 0. The summed E-state index contributed by atoms with van der Waals surface area (Å²) < 4.78 is 5.68. The zero-order chi connectivity index (χ0) is 14.5. The monoisotopic (exact) mass is 266 g/mol. The van der Waals surface area contributed by atoms with E-state index in [0.29, 0.717) is 23.5 Å². The molecule has 2 heteroatoms. The number of Topliss-reactive ketones (excluding diaryl/α,β-unsaturated/α-hetero) is 1. The summed E-state index contributed by atoms with van der Waals surface area (Å²) in [5, 5.41) is 0. The topological polar surface area (TPSA) is 26.3 Å². The van der Waals surface area contributed by atoms with Gasteiger partial charge < -0.3 is 4.74 Å². The molecule has 0 N–H and O–H groups in total. The number of hydrogen-bond acceptors (Lipinski definition) is 2. The van der Waals surface area contributed by atoms with Gasteiger partial charge in [0.15, 0.2) is 5.78 Å². The normalized spacial score (nSPS) is 10.1. The van der Waals surface area contributed by atoms with Gasteiger partial charge in [0.1, 0.15) is 11.5 Å². The van der Waals surface area contributed by atoms with Gasteiger partial charge in [-0.15, -0.1) is 0 Å². The zero-order valence-electron chi connectivity index (χ0n) is 11.8. The van der Waals surface area contributed by atoms with Crippen LogP contribution in [0.2, 0.25) is 0 Å². The largest absolute Gasteiger partial charge is 0.462 e. The summed E-state index contributed by atoms with van der Waals surface area (Å²) in [5.41, 5.74) is 3.09. The number of allylic oxidation sites excluding steroid dienone is 1. The predicted molar refractivity (Wildman–Crippen MR) is 81.1 cm³/mol. The molecule has 0 aliphatic carbocycles. The first-order valence-electron chi connectivity index (χ1n) is 6.57. The second-order valence-electron chi connectivity index (χ2n) is 4.88. The van der Waals surface area contributed by atoms with Crippen LogP contribution in [0.1, 0.15) is 28.4 Å². The molecule has 0 fully saturated rings. The number of rotatable bonds is 5. The van der Waals surface area contributed by atoms with Crippen molar-refractivity contribution in [3.8, 4) is 5.75 Å². The van der Waals surface area contributed by atoms with E-state index in [-0.39, 0.29) is 5.78 Å². The maximum atomic E-state index is 11.2. The second kappa shape index (κ2) is 6.20. The van der Waals surface area contributed by atoms with Crippen molar-refractivity contribution in [1.82, 2.24) is 0 Å². The molecule has 0 aliphatic heterocycles. The fourth-order valence-corrected chi connectivity index (χ4v) is 1.89. The highest BCUT2D eigenvalue weighted by molar-refractivity contribution is 5.94. The van der Waals surface area contributed by atoms with Gasteiger partial charge in [-0.05, 0) is 43.7 Å². The summed E-state index contributed by atoms with van der Waals surface area (Å²) in [6, 6.07) is 15.4. The summed E-state index contributed by atoms with van der Waals surface area (Å²) in [5.74, 6) is 1.44. The first-order chi connectivity index (χ1) is 9.54. The van der Waals surface area contributed by atoms with E-state index in [9.17, 15) is 4.79 Å². The molecule has 0 radical (unpaired) electrons. The second-order valence-corrected chi connectivity index (χ2v) is 4.88. The molecule has 2 rings (SSSR count). The Kier molecular flexibility index (Phi) is 4.36. The fourth-order valence-electron chi connectivity index (χ4n) is 1.89. The van der Waals surface area contributed by atoms with Crippen molar-refractivity contribution in [2.75, 3.05) is 0 Å². The van der Waals surface area contributed by atoms with Crippen LogP contribution in [0, 0.1) is 6.92 Å². The summed E-state index contributed by atoms with van der Waals surface area (Å²) in [6.45, 7) is 7.55. The van der Waals surface area contributed by atoms with Crippen LogP contribution in [-0.4, -0.2) is 5.78 Å². The number of benzene rings is 2. The van der Waals surface area contributed by atoms with Crippen LogP contribution < -0.4 is 4.74 Å². The van der Waals surface area contributed by atoms with Gasteiger partial charge in [-0.25, -0.2) is 0 Å². The van der Waals surface area contributed by atoms with Crippen molar-refractivity contribution in [3.05, 3.63) is 77.6 Å². The number of carbonyl (C=O) groups is 1. The molecule has 0 unspecified atom stereocenters. The molecule has 0 saturated heterocycles. The van der Waals surface area contributed by atoms with Crippen LogP contribution >= 0.6 is 0 Å². The third-order valence-electron chi connectivity index (χ3n) is 3.04. The molecule has 0 atom stereocenters. The van der Waals surface area contributed by atoms with Gasteiger partial charge in [0, 0.05) is 12.0 Å². The molecule has 0 heterocycles. The first-order valence-corrected chi connectivity index (χ1v) is 6.57. The minimum Gasteiger partial charge on any atom is -0.462 e. The lowest BCUT2D eigenvalue weighted by Crippen LogP contribution is -1.99. The summed E-state index contributed by atoms with van der Waals surface area (Å²) in [4.78, 5) is 11.2. The number of aryl methyl sites for hydroxylation is 1. The predicted octanol–water partition coefficient (Wildman–Crippen LogP) is 4.33. The van der Waals surface area contributed by atoms with E-state index in [2.05, 4.69) is 37.8 Å². The van der Waals surface area contributed by atoms with Gasteiger partial charge in [-0.3, -0.25) is 4.79 Å². The Bertz CT molecular complexity index is 607. The Balaban J connectivity index is 1.97. The molecule has 102 valence electrons. The molecule has 2 aromatic rings. The van der Waals surface area contributed by atoms with Crippen molar-refractivity contribution in [1.29, 1.82) is 0 Å². The zero-order valence-corrected chi connectivity index (χ0v) is 11.8. The quantitative estimate of drug-likeness (QED) is 0.594. The van der Waals surface area contributed by atoms with E-state index in [4.69, 9.17) is 4.74 Å². The molecule has 2 aromatic carbocycles. The number of carbonyl (C=O) groups excluding carboxylic acids is 1. The van der Waals surface area contributed by atoms with Crippen molar-refractivity contribution >= 4 is 5.78 Å². The Hall–Kier alpha value is -2.35. The molecule has 20 heavy (non-hydrogen) atoms. The average molecular weight is 266 g/mol. The Morgan fingerprint density at radius 1 is 1.05 bits per heavy atom. The van der Waals surface area contributed by atoms with Gasteiger partial charge in [0.2, 0.25) is 0 Å². The summed E-state index contributed by atoms with van der Waals surface area (Å²) in [6.07, 6.45) is 0.675. The van der Waals surface area contributed by atoms with Crippen molar-refractivity contribution in [2.45, 2.75) is 20.3 Å². The highest BCUT2D eigenvalue weighted by atomic mass is 16.5. The highest BCUT2D eigenvalue weighted by Gasteiger charge is 2.03. The van der Waals surface area contributed by atoms with Crippen molar-refractivity contribution < 1.29 is 9.53 Å². The maximum Gasteiger partial charge on any atom is 0.159 e. The average Bonchev–Trinajstić information content (AvgIpc) is 2.42. The van der Waals surface area contributed by atoms with Crippen LogP contribution in [0.3, 0.4) is 0 Å². The first kappa shape index (κ1) is 14.1. The molecule has 0 saturated carbocycles. The SMILES string of the molecule is C=C(Cc1ccc(C)cc1)Oc1ccc(C(C)=O)cc1. The van der Waals surface area contributed by atoms with Crippen LogP contribution in [0.5, 0.6) is 5.75 Å². The summed E-state index contributed by atoms with van der Waals surface area (Å²) >= 11 is 0. The van der Waals surface area contributed by atoms with E-state index in [1.165, 1.54) is 11.1 Å². The lowest BCUT2D eigenvalue weighted by atomic mass is 10.1. The molecular formula is C18H18O2. The molecule has 0 spiro atoms. The van der Waals surface area contributed by atoms with E-state index in [1.54, 1.807) is 31.2 Å². The highest BCUT2D eigenvalue weighted by Crippen LogP contribution is 2.17. The van der Waals surface area contributed by atoms with Crippen LogP contribution in [0.15, 0.2) is 60.9 Å². The maximum absolute atomic E-state index is 11.2. The minimum atomic E-state index is 0.0510. The fraction of sp³-hybridized carbons (Fsp3) is 0.167.